The van der Waals surface area contributed by atoms with Crippen molar-refractivity contribution < 1.29 is 14.3 Å². The van der Waals surface area contributed by atoms with Crippen LogP contribution in [0.4, 0.5) is 16.2 Å². The number of aromatic nitrogens is 1. The topological polar surface area (TPSA) is 92.4 Å². The smallest absolute Gasteiger partial charge is 0.319 e. The molecule has 1 aliphatic rings. The molecule has 1 aliphatic carbocycles. The lowest BCUT2D eigenvalue weighted by atomic mass is 10.2. The van der Waals surface area contributed by atoms with E-state index in [2.05, 4.69) is 20.9 Å². The fourth-order valence-corrected chi connectivity index (χ4v) is 2.83. The lowest BCUT2D eigenvalue weighted by Gasteiger charge is -2.10. The van der Waals surface area contributed by atoms with Gasteiger partial charge in [0.1, 0.15) is 12.4 Å². The standard InChI is InChI=1S/C23H22N4O3/c28-22(16-5-3-7-18(13-16)27-23(29)26-17-10-11-17)25-19-8-4-9-21(14-19)30-15-20-6-1-2-12-24-20/h1-9,12-14,17H,10-11,15H2,(H,25,28)(H2,26,27,29). The molecule has 7 nitrogen and oxygen atoms in total. The zero-order chi connectivity index (χ0) is 20.8. The first kappa shape index (κ1) is 19.4. The molecule has 3 N–H and O–H groups in total. The number of ether oxygens (including phenoxy) is 1. The second kappa shape index (κ2) is 9.09. The molecule has 0 atom stereocenters. The second-order valence-corrected chi connectivity index (χ2v) is 7.05. The van der Waals surface area contributed by atoms with Gasteiger partial charge in [-0.2, -0.15) is 0 Å². The maximum atomic E-state index is 12.6. The van der Waals surface area contributed by atoms with E-state index in [0.29, 0.717) is 29.3 Å². The molecule has 30 heavy (non-hydrogen) atoms. The van der Waals surface area contributed by atoms with E-state index in [1.165, 1.54) is 0 Å². The van der Waals surface area contributed by atoms with E-state index in [0.717, 1.165) is 18.5 Å². The summed E-state index contributed by atoms with van der Waals surface area (Å²) in [6.45, 7) is 0.342. The van der Waals surface area contributed by atoms with Gasteiger partial charge in [-0.1, -0.05) is 18.2 Å². The van der Waals surface area contributed by atoms with Crippen LogP contribution in [-0.2, 0) is 6.61 Å². The lowest BCUT2D eigenvalue weighted by molar-refractivity contribution is 0.102. The molecule has 1 heterocycles. The zero-order valence-corrected chi connectivity index (χ0v) is 16.3. The van der Waals surface area contributed by atoms with Crippen molar-refractivity contribution in [3.05, 3.63) is 84.2 Å². The number of amides is 3. The van der Waals surface area contributed by atoms with E-state index < -0.39 is 0 Å². The Hall–Kier alpha value is -3.87. The number of rotatable bonds is 7. The third-order valence-electron chi connectivity index (χ3n) is 4.50. The van der Waals surface area contributed by atoms with Crippen molar-refractivity contribution in [2.24, 2.45) is 0 Å². The summed E-state index contributed by atoms with van der Waals surface area (Å²) in [6.07, 6.45) is 3.74. The van der Waals surface area contributed by atoms with E-state index in [4.69, 9.17) is 4.74 Å². The monoisotopic (exact) mass is 402 g/mol. The van der Waals surface area contributed by atoms with E-state index in [-0.39, 0.29) is 18.0 Å². The van der Waals surface area contributed by atoms with Gasteiger partial charge in [0, 0.05) is 35.2 Å². The minimum Gasteiger partial charge on any atom is -0.487 e. The van der Waals surface area contributed by atoms with E-state index in [1.807, 2.05) is 30.3 Å². The molecule has 3 amide bonds. The van der Waals surface area contributed by atoms with Gasteiger partial charge in [0.15, 0.2) is 0 Å². The summed E-state index contributed by atoms with van der Waals surface area (Å²) in [6, 6.07) is 19.6. The molecule has 0 unspecified atom stereocenters. The lowest BCUT2D eigenvalue weighted by Crippen LogP contribution is -2.30. The number of anilines is 2. The molecule has 0 spiro atoms. The van der Waals surface area contributed by atoms with Gasteiger partial charge in [0.2, 0.25) is 0 Å². The number of hydrogen-bond acceptors (Lipinski definition) is 4. The highest BCUT2D eigenvalue weighted by molar-refractivity contribution is 6.05. The van der Waals surface area contributed by atoms with Crippen LogP contribution in [0.15, 0.2) is 72.9 Å². The van der Waals surface area contributed by atoms with Crippen LogP contribution in [0, 0.1) is 0 Å². The quantitative estimate of drug-likeness (QED) is 0.552. The van der Waals surface area contributed by atoms with Crippen molar-refractivity contribution in [1.82, 2.24) is 10.3 Å². The van der Waals surface area contributed by atoms with Crippen LogP contribution < -0.4 is 20.7 Å². The highest BCUT2D eigenvalue weighted by Gasteiger charge is 2.23. The Morgan fingerprint density at radius 1 is 0.933 bits per heavy atom. The van der Waals surface area contributed by atoms with E-state index >= 15 is 0 Å². The van der Waals surface area contributed by atoms with Crippen LogP contribution in [0.5, 0.6) is 5.75 Å². The van der Waals surface area contributed by atoms with Gasteiger partial charge >= 0.3 is 6.03 Å². The summed E-state index contributed by atoms with van der Waals surface area (Å²) in [5.41, 5.74) is 2.44. The number of nitrogens with zero attached hydrogens (tertiary/aromatic N) is 1. The summed E-state index contributed by atoms with van der Waals surface area (Å²) in [7, 11) is 0. The average Bonchev–Trinajstić information content (AvgIpc) is 3.57. The highest BCUT2D eigenvalue weighted by Crippen LogP contribution is 2.21. The number of urea groups is 1. The maximum absolute atomic E-state index is 12.6. The van der Waals surface area contributed by atoms with Gasteiger partial charge < -0.3 is 20.7 Å². The van der Waals surface area contributed by atoms with Gasteiger partial charge in [-0.15, -0.1) is 0 Å². The van der Waals surface area contributed by atoms with Crippen molar-refractivity contribution in [2.75, 3.05) is 10.6 Å². The van der Waals surface area contributed by atoms with Crippen LogP contribution in [0.2, 0.25) is 0 Å². The van der Waals surface area contributed by atoms with Crippen molar-refractivity contribution in [1.29, 1.82) is 0 Å². The van der Waals surface area contributed by atoms with Gasteiger partial charge in [-0.3, -0.25) is 9.78 Å². The molecule has 0 aliphatic heterocycles. The maximum Gasteiger partial charge on any atom is 0.319 e. The van der Waals surface area contributed by atoms with Gasteiger partial charge in [-0.05, 0) is 55.3 Å². The fraction of sp³-hybridized carbons (Fsp3) is 0.174. The number of carbonyl (C=O) groups is 2. The minimum atomic E-state index is -0.275. The number of hydrogen-bond donors (Lipinski definition) is 3. The molecule has 4 rings (SSSR count). The van der Waals surface area contributed by atoms with E-state index in [9.17, 15) is 9.59 Å². The largest absolute Gasteiger partial charge is 0.487 e. The predicted molar refractivity (Wildman–Crippen MR) is 115 cm³/mol. The summed E-state index contributed by atoms with van der Waals surface area (Å²) in [5.74, 6) is 0.355. The first-order valence-corrected chi connectivity index (χ1v) is 9.77. The molecule has 2 aromatic carbocycles. The van der Waals surface area contributed by atoms with Gasteiger partial charge in [-0.25, -0.2) is 4.79 Å². The molecule has 0 radical (unpaired) electrons. The summed E-state index contributed by atoms with van der Waals surface area (Å²) in [4.78, 5) is 28.8. The number of nitrogens with one attached hydrogen (secondary N) is 3. The number of pyridine rings is 1. The molecular formula is C23H22N4O3. The molecule has 0 bridgehead atoms. The third kappa shape index (κ3) is 5.57. The zero-order valence-electron chi connectivity index (χ0n) is 16.3. The minimum absolute atomic E-state index is 0.257. The molecule has 152 valence electrons. The average molecular weight is 402 g/mol. The molecule has 1 fully saturated rings. The van der Waals surface area contributed by atoms with Crippen LogP contribution in [0.3, 0.4) is 0 Å². The Bertz CT molecular complexity index is 1040. The summed E-state index contributed by atoms with van der Waals surface area (Å²) >= 11 is 0. The number of carbonyl (C=O) groups excluding carboxylic acids is 2. The Labute approximate surface area is 174 Å². The third-order valence-corrected chi connectivity index (χ3v) is 4.50. The summed E-state index contributed by atoms with van der Waals surface area (Å²) in [5, 5.41) is 8.47. The fourth-order valence-electron chi connectivity index (χ4n) is 2.83. The molecule has 0 saturated heterocycles. The van der Waals surface area contributed by atoms with Crippen molar-refractivity contribution in [3.63, 3.8) is 0 Å². The predicted octanol–water partition coefficient (Wildman–Crippen LogP) is 4.20. The SMILES string of the molecule is O=C(Nc1cccc(C(=O)Nc2cccc(OCc3ccccn3)c2)c1)NC1CC1. The van der Waals surface area contributed by atoms with Crippen molar-refractivity contribution >= 4 is 23.3 Å². The van der Waals surface area contributed by atoms with Crippen LogP contribution >= 0.6 is 0 Å². The molecule has 3 aromatic rings. The normalized spacial score (nSPS) is 12.7. The van der Waals surface area contributed by atoms with Crippen LogP contribution in [0.25, 0.3) is 0 Å². The first-order valence-electron chi connectivity index (χ1n) is 9.77. The van der Waals surface area contributed by atoms with Gasteiger partial charge in [0.05, 0.1) is 5.69 Å². The molecule has 1 aromatic heterocycles. The Kier molecular flexibility index (Phi) is 5.89. The van der Waals surface area contributed by atoms with Crippen molar-refractivity contribution in [2.45, 2.75) is 25.5 Å². The Balaban J connectivity index is 1.36. The highest BCUT2D eigenvalue weighted by atomic mass is 16.5. The van der Waals surface area contributed by atoms with E-state index in [1.54, 1.807) is 42.6 Å². The second-order valence-electron chi connectivity index (χ2n) is 7.05. The molecule has 7 heteroatoms. The van der Waals surface area contributed by atoms with Crippen LogP contribution in [0.1, 0.15) is 28.9 Å². The van der Waals surface area contributed by atoms with Gasteiger partial charge in [0.25, 0.3) is 5.91 Å². The number of benzene rings is 2. The molecular weight excluding hydrogens is 380 g/mol. The Morgan fingerprint density at radius 3 is 2.50 bits per heavy atom. The Morgan fingerprint density at radius 2 is 1.73 bits per heavy atom. The first-order chi connectivity index (χ1) is 14.7. The van der Waals surface area contributed by atoms with Crippen LogP contribution in [-0.4, -0.2) is 23.0 Å². The van der Waals surface area contributed by atoms with Crippen molar-refractivity contribution in [3.8, 4) is 5.75 Å². The summed E-state index contributed by atoms with van der Waals surface area (Å²) < 4.78 is 5.75. The molecule has 1 saturated carbocycles.